The van der Waals surface area contributed by atoms with Crippen molar-refractivity contribution in [2.75, 3.05) is 32.0 Å². The molecule has 1 aromatic carbocycles. The third-order valence-electron chi connectivity index (χ3n) is 2.76. The molecular weight excluding hydrogens is 259 g/mol. The first kappa shape index (κ1) is 16.4. The Labute approximate surface area is 115 Å². The summed E-state index contributed by atoms with van der Waals surface area (Å²) in [5, 5.41) is 0. The maximum absolute atomic E-state index is 5.63. The van der Waals surface area contributed by atoms with E-state index in [0.717, 1.165) is 24.6 Å². The van der Waals surface area contributed by atoms with E-state index in [1.165, 1.54) is 25.9 Å². The van der Waals surface area contributed by atoms with Gasteiger partial charge in [0.25, 0.3) is 0 Å². The van der Waals surface area contributed by atoms with E-state index in [1.54, 1.807) is 0 Å². The topological polar surface area (TPSA) is 38.5 Å². The lowest BCUT2D eigenvalue weighted by Crippen LogP contribution is -2.25. The molecule has 5 heteroatoms. The van der Waals surface area contributed by atoms with Gasteiger partial charge < -0.3 is 10.5 Å². The summed E-state index contributed by atoms with van der Waals surface area (Å²) < 4.78 is 5.63. The minimum absolute atomic E-state index is 0. The van der Waals surface area contributed by atoms with Crippen LogP contribution >= 0.6 is 24.8 Å². The van der Waals surface area contributed by atoms with Gasteiger partial charge in [-0.2, -0.15) is 0 Å². The van der Waals surface area contributed by atoms with Gasteiger partial charge in [-0.05, 0) is 50.2 Å². The molecule has 0 radical (unpaired) electrons. The van der Waals surface area contributed by atoms with Gasteiger partial charge in [0.05, 0.1) is 0 Å². The highest BCUT2D eigenvalue weighted by Crippen LogP contribution is 2.13. The van der Waals surface area contributed by atoms with Gasteiger partial charge in [0, 0.05) is 12.2 Å². The van der Waals surface area contributed by atoms with E-state index < -0.39 is 0 Å². The van der Waals surface area contributed by atoms with Gasteiger partial charge in [-0.1, -0.05) is 0 Å². The Bertz CT molecular complexity index is 300. The van der Waals surface area contributed by atoms with Crippen molar-refractivity contribution in [2.24, 2.45) is 0 Å². The molecule has 0 aromatic heterocycles. The number of nitrogens with two attached hydrogens (primary N) is 1. The zero-order valence-electron chi connectivity index (χ0n) is 9.80. The second-order valence-corrected chi connectivity index (χ2v) is 3.97. The molecule has 1 saturated heterocycles. The van der Waals surface area contributed by atoms with Crippen LogP contribution in [0.15, 0.2) is 24.3 Å². The van der Waals surface area contributed by atoms with Crippen LogP contribution in [-0.4, -0.2) is 31.1 Å². The third kappa shape index (κ3) is 5.48. The van der Waals surface area contributed by atoms with Gasteiger partial charge >= 0.3 is 0 Å². The monoisotopic (exact) mass is 278 g/mol. The van der Waals surface area contributed by atoms with Crippen molar-refractivity contribution in [3.05, 3.63) is 24.3 Å². The molecule has 0 bridgehead atoms. The minimum Gasteiger partial charge on any atom is -0.492 e. The van der Waals surface area contributed by atoms with Crippen LogP contribution in [0.1, 0.15) is 12.8 Å². The quantitative estimate of drug-likeness (QED) is 0.861. The van der Waals surface area contributed by atoms with Crippen molar-refractivity contribution in [1.82, 2.24) is 4.90 Å². The van der Waals surface area contributed by atoms with Gasteiger partial charge in [0.1, 0.15) is 12.4 Å². The molecule has 0 aliphatic carbocycles. The summed E-state index contributed by atoms with van der Waals surface area (Å²) in [7, 11) is 0. The smallest absolute Gasteiger partial charge is 0.119 e. The van der Waals surface area contributed by atoms with Crippen LogP contribution in [-0.2, 0) is 0 Å². The first-order valence-corrected chi connectivity index (χ1v) is 5.55. The second-order valence-electron chi connectivity index (χ2n) is 3.97. The molecule has 1 aliphatic heterocycles. The number of hydrogen-bond donors (Lipinski definition) is 1. The van der Waals surface area contributed by atoms with Crippen LogP contribution in [0, 0.1) is 0 Å². The van der Waals surface area contributed by atoms with E-state index in [4.69, 9.17) is 10.5 Å². The fourth-order valence-electron chi connectivity index (χ4n) is 1.86. The van der Waals surface area contributed by atoms with E-state index >= 15 is 0 Å². The minimum atomic E-state index is 0. The van der Waals surface area contributed by atoms with Crippen molar-refractivity contribution >= 4 is 30.5 Å². The fraction of sp³-hybridized carbons (Fsp3) is 0.500. The van der Waals surface area contributed by atoms with Crippen molar-refractivity contribution in [1.29, 1.82) is 0 Å². The number of halogens is 2. The molecule has 17 heavy (non-hydrogen) atoms. The maximum Gasteiger partial charge on any atom is 0.119 e. The van der Waals surface area contributed by atoms with Crippen LogP contribution in [0.3, 0.4) is 0 Å². The highest BCUT2D eigenvalue weighted by atomic mass is 35.5. The molecule has 0 spiro atoms. The summed E-state index contributed by atoms with van der Waals surface area (Å²) in [6.45, 7) is 4.25. The first-order valence-electron chi connectivity index (χ1n) is 5.55. The third-order valence-corrected chi connectivity index (χ3v) is 2.76. The molecule has 1 heterocycles. The summed E-state index contributed by atoms with van der Waals surface area (Å²) in [6.07, 6.45) is 2.67. The highest BCUT2D eigenvalue weighted by molar-refractivity contribution is 5.85. The van der Waals surface area contributed by atoms with Crippen LogP contribution in [0.2, 0.25) is 0 Å². The number of likely N-dealkylation sites (tertiary alicyclic amines) is 1. The van der Waals surface area contributed by atoms with Crippen LogP contribution < -0.4 is 10.5 Å². The van der Waals surface area contributed by atoms with E-state index in [9.17, 15) is 0 Å². The fourth-order valence-corrected chi connectivity index (χ4v) is 1.86. The molecule has 0 unspecified atom stereocenters. The zero-order chi connectivity index (χ0) is 10.5. The lowest BCUT2D eigenvalue weighted by atomic mass is 10.3. The maximum atomic E-state index is 5.63. The Balaban J connectivity index is 0.00000128. The molecule has 0 atom stereocenters. The van der Waals surface area contributed by atoms with Gasteiger partial charge in [-0.3, -0.25) is 4.90 Å². The number of nitrogens with zero attached hydrogens (tertiary/aromatic N) is 1. The number of rotatable bonds is 4. The number of benzene rings is 1. The molecule has 1 fully saturated rings. The number of hydrogen-bond acceptors (Lipinski definition) is 3. The van der Waals surface area contributed by atoms with E-state index in [-0.39, 0.29) is 24.8 Å². The summed E-state index contributed by atoms with van der Waals surface area (Å²) in [4.78, 5) is 2.44. The number of nitrogen functional groups attached to an aromatic ring is 1. The van der Waals surface area contributed by atoms with E-state index in [0.29, 0.717) is 0 Å². The normalized spacial score (nSPS) is 14.8. The zero-order valence-corrected chi connectivity index (χ0v) is 11.4. The molecule has 0 amide bonds. The largest absolute Gasteiger partial charge is 0.492 e. The van der Waals surface area contributed by atoms with Gasteiger partial charge in [0.15, 0.2) is 0 Å². The van der Waals surface area contributed by atoms with Crippen molar-refractivity contribution < 1.29 is 4.74 Å². The van der Waals surface area contributed by atoms with Crippen LogP contribution in [0.5, 0.6) is 5.75 Å². The Morgan fingerprint density at radius 2 is 1.65 bits per heavy atom. The highest BCUT2D eigenvalue weighted by Gasteiger charge is 2.10. The van der Waals surface area contributed by atoms with Crippen molar-refractivity contribution in [2.45, 2.75) is 12.8 Å². The molecule has 1 aromatic rings. The van der Waals surface area contributed by atoms with Crippen molar-refractivity contribution in [3.8, 4) is 5.75 Å². The molecule has 3 nitrogen and oxygen atoms in total. The molecule has 2 N–H and O–H groups in total. The predicted octanol–water partition coefficient (Wildman–Crippen LogP) is 2.59. The SMILES string of the molecule is Cl.Cl.Nc1ccc(OCCN2CCCC2)cc1. The average Bonchev–Trinajstić information content (AvgIpc) is 2.74. The molecular formula is C12H20Cl2N2O. The lowest BCUT2D eigenvalue weighted by Gasteiger charge is -2.14. The summed E-state index contributed by atoms with van der Waals surface area (Å²) >= 11 is 0. The Morgan fingerprint density at radius 1 is 1.06 bits per heavy atom. The Hall–Kier alpha value is -0.640. The van der Waals surface area contributed by atoms with Crippen molar-refractivity contribution in [3.63, 3.8) is 0 Å². The standard InChI is InChI=1S/C12H18N2O.2ClH/c13-11-3-5-12(6-4-11)15-10-9-14-7-1-2-8-14;;/h3-6H,1-2,7-10,13H2;2*1H. The number of ether oxygens (including phenoxy) is 1. The Kier molecular flexibility index (Phi) is 8.13. The van der Waals surface area contributed by atoms with Gasteiger partial charge in [-0.15, -0.1) is 24.8 Å². The molecule has 0 saturated carbocycles. The van der Waals surface area contributed by atoms with E-state index in [2.05, 4.69) is 4.90 Å². The Morgan fingerprint density at radius 3 is 2.24 bits per heavy atom. The van der Waals surface area contributed by atoms with Crippen LogP contribution in [0.25, 0.3) is 0 Å². The number of anilines is 1. The first-order chi connectivity index (χ1) is 7.34. The van der Waals surface area contributed by atoms with Crippen LogP contribution in [0.4, 0.5) is 5.69 Å². The molecule has 2 rings (SSSR count). The second kappa shape index (κ2) is 8.45. The van der Waals surface area contributed by atoms with Gasteiger partial charge in [-0.25, -0.2) is 0 Å². The predicted molar refractivity (Wildman–Crippen MR) is 76.5 cm³/mol. The van der Waals surface area contributed by atoms with E-state index in [1.807, 2.05) is 24.3 Å². The molecule has 98 valence electrons. The summed E-state index contributed by atoms with van der Waals surface area (Å²) in [5.41, 5.74) is 6.37. The van der Waals surface area contributed by atoms with Gasteiger partial charge in [0.2, 0.25) is 0 Å². The summed E-state index contributed by atoms with van der Waals surface area (Å²) in [6, 6.07) is 7.56. The molecule has 1 aliphatic rings. The average molecular weight is 279 g/mol. The lowest BCUT2D eigenvalue weighted by molar-refractivity contribution is 0.238. The summed E-state index contributed by atoms with van der Waals surface area (Å²) in [5.74, 6) is 0.906.